The number of rotatable bonds is 7. The molecule has 1 amide bonds. The SMILES string of the molecule is CCN(CC)CCNC(=O)c1cc(OC)c2c(c1)S(O)(O)C=C2. The van der Waals surface area contributed by atoms with Gasteiger partial charge in [-0.3, -0.25) is 13.9 Å². The van der Waals surface area contributed by atoms with Gasteiger partial charge in [0.1, 0.15) is 5.75 Å². The van der Waals surface area contributed by atoms with Crippen molar-refractivity contribution in [3.8, 4) is 5.75 Å². The molecule has 23 heavy (non-hydrogen) atoms. The summed E-state index contributed by atoms with van der Waals surface area (Å²) in [5.74, 6) is 0.213. The molecule has 0 bridgehead atoms. The Kier molecular flexibility index (Phi) is 5.69. The van der Waals surface area contributed by atoms with Gasteiger partial charge in [-0.1, -0.05) is 13.8 Å². The maximum absolute atomic E-state index is 12.3. The second-order valence-corrected chi connectivity index (χ2v) is 7.17. The number of ether oxygens (including phenoxy) is 1. The van der Waals surface area contributed by atoms with E-state index in [0.717, 1.165) is 19.6 Å². The fourth-order valence-corrected chi connectivity index (χ4v) is 3.78. The summed E-state index contributed by atoms with van der Waals surface area (Å²) in [7, 11) is -1.49. The van der Waals surface area contributed by atoms with Gasteiger partial charge in [-0.2, -0.15) is 0 Å². The second-order valence-electron chi connectivity index (χ2n) is 5.27. The van der Waals surface area contributed by atoms with Gasteiger partial charge in [0.05, 0.1) is 12.0 Å². The number of benzene rings is 1. The van der Waals surface area contributed by atoms with Crippen molar-refractivity contribution in [1.29, 1.82) is 0 Å². The lowest BCUT2D eigenvalue weighted by molar-refractivity contribution is 0.0948. The van der Waals surface area contributed by atoms with Crippen LogP contribution in [0.25, 0.3) is 6.08 Å². The van der Waals surface area contributed by atoms with Crippen LogP contribution in [-0.4, -0.2) is 53.2 Å². The number of carbonyl (C=O) groups excluding carboxylic acids is 1. The van der Waals surface area contributed by atoms with E-state index in [1.807, 2.05) is 0 Å². The number of hydrogen-bond donors (Lipinski definition) is 3. The number of amides is 1. The number of methoxy groups -OCH3 is 1. The van der Waals surface area contributed by atoms with E-state index >= 15 is 0 Å². The van der Waals surface area contributed by atoms with Gasteiger partial charge in [0, 0.05) is 29.6 Å². The van der Waals surface area contributed by atoms with Crippen molar-refractivity contribution in [2.45, 2.75) is 18.7 Å². The summed E-state index contributed by atoms with van der Waals surface area (Å²) in [4.78, 5) is 14.9. The van der Waals surface area contributed by atoms with Gasteiger partial charge in [0.15, 0.2) is 0 Å². The minimum Gasteiger partial charge on any atom is -0.496 e. The average molecular weight is 340 g/mol. The molecule has 3 N–H and O–H groups in total. The van der Waals surface area contributed by atoms with Crippen molar-refractivity contribution in [3.05, 3.63) is 28.7 Å². The van der Waals surface area contributed by atoms with Crippen molar-refractivity contribution in [2.24, 2.45) is 0 Å². The van der Waals surface area contributed by atoms with Crippen LogP contribution in [0.3, 0.4) is 0 Å². The standard InChI is InChI=1S/C16H24N2O4S/c1-4-18(5-2)8-7-17-16(19)12-10-14(22-3)13-6-9-23(20,21)15(13)11-12/h6,9-11,20-21H,4-5,7-8H2,1-3H3,(H,17,19). The fourth-order valence-electron chi connectivity index (χ4n) is 2.52. The Bertz CT molecular complexity index is 612. The van der Waals surface area contributed by atoms with E-state index in [1.165, 1.54) is 18.6 Å². The Balaban J connectivity index is 2.13. The molecule has 128 valence electrons. The lowest BCUT2D eigenvalue weighted by Crippen LogP contribution is -2.34. The van der Waals surface area contributed by atoms with E-state index in [2.05, 4.69) is 24.1 Å². The van der Waals surface area contributed by atoms with E-state index in [-0.39, 0.29) is 5.91 Å². The highest BCUT2D eigenvalue weighted by molar-refractivity contribution is 8.27. The molecule has 0 spiro atoms. The van der Waals surface area contributed by atoms with Crippen LogP contribution in [0, 0.1) is 0 Å². The van der Waals surface area contributed by atoms with E-state index < -0.39 is 10.6 Å². The Morgan fingerprint density at radius 3 is 2.61 bits per heavy atom. The number of likely N-dealkylation sites (N-methyl/N-ethyl adjacent to an activating group) is 1. The molecule has 2 rings (SSSR count). The highest BCUT2D eigenvalue weighted by atomic mass is 32.3. The first-order valence-electron chi connectivity index (χ1n) is 7.61. The zero-order valence-corrected chi connectivity index (χ0v) is 14.5. The average Bonchev–Trinajstić information content (AvgIpc) is 2.86. The molecule has 0 saturated heterocycles. The van der Waals surface area contributed by atoms with Crippen molar-refractivity contribution >= 4 is 22.6 Å². The Hall–Kier alpha value is -1.54. The molecule has 0 atom stereocenters. The molecule has 1 heterocycles. The normalized spacial score (nSPS) is 16.3. The van der Waals surface area contributed by atoms with Crippen LogP contribution < -0.4 is 10.1 Å². The molecule has 0 aliphatic carbocycles. The van der Waals surface area contributed by atoms with Crippen LogP contribution in [0.4, 0.5) is 0 Å². The maximum Gasteiger partial charge on any atom is 0.251 e. The van der Waals surface area contributed by atoms with Gasteiger partial charge in [0.2, 0.25) is 0 Å². The molecule has 1 aromatic rings. The Morgan fingerprint density at radius 2 is 2.00 bits per heavy atom. The van der Waals surface area contributed by atoms with E-state index in [9.17, 15) is 13.9 Å². The predicted octanol–water partition coefficient (Wildman–Crippen LogP) is 2.86. The third-order valence-corrected chi connectivity index (χ3v) is 5.44. The van der Waals surface area contributed by atoms with Crippen LogP contribution in [0.15, 0.2) is 22.4 Å². The topological polar surface area (TPSA) is 82.0 Å². The summed E-state index contributed by atoms with van der Waals surface area (Å²) in [6, 6.07) is 3.15. The van der Waals surface area contributed by atoms with Gasteiger partial charge < -0.3 is 15.0 Å². The first kappa shape index (κ1) is 17.8. The summed E-state index contributed by atoms with van der Waals surface area (Å²) in [6.45, 7) is 7.34. The maximum atomic E-state index is 12.3. The summed E-state index contributed by atoms with van der Waals surface area (Å²) in [5.41, 5.74) is 0.982. The lowest BCUT2D eigenvalue weighted by Gasteiger charge is -2.26. The van der Waals surface area contributed by atoms with Gasteiger partial charge in [-0.15, -0.1) is 10.6 Å². The zero-order valence-electron chi connectivity index (χ0n) is 13.7. The van der Waals surface area contributed by atoms with Gasteiger partial charge in [-0.25, -0.2) is 0 Å². The molecule has 6 nitrogen and oxygen atoms in total. The monoisotopic (exact) mass is 340 g/mol. The molecule has 0 aromatic heterocycles. The lowest BCUT2D eigenvalue weighted by atomic mass is 10.1. The Morgan fingerprint density at radius 1 is 1.30 bits per heavy atom. The van der Waals surface area contributed by atoms with E-state index in [1.54, 1.807) is 12.1 Å². The molecular formula is C16H24N2O4S. The minimum absolute atomic E-state index is 0.250. The predicted molar refractivity (Wildman–Crippen MR) is 93.3 cm³/mol. The fraction of sp³-hybridized carbons (Fsp3) is 0.438. The van der Waals surface area contributed by atoms with Crippen molar-refractivity contribution in [3.63, 3.8) is 0 Å². The first-order valence-corrected chi connectivity index (χ1v) is 9.22. The van der Waals surface area contributed by atoms with E-state index in [0.29, 0.717) is 28.3 Å². The van der Waals surface area contributed by atoms with Gasteiger partial charge >= 0.3 is 0 Å². The smallest absolute Gasteiger partial charge is 0.251 e. The van der Waals surface area contributed by atoms with Crippen LogP contribution >= 0.6 is 10.6 Å². The van der Waals surface area contributed by atoms with Crippen LogP contribution in [0.2, 0.25) is 0 Å². The molecule has 1 aromatic carbocycles. The zero-order chi connectivity index (χ0) is 17.0. The summed E-state index contributed by atoms with van der Waals surface area (Å²) in [6.07, 6.45) is 1.62. The third kappa shape index (κ3) is 3.87. The summed E-state index contributed by atoms with van der Waals surface area (Å²) >= 11 is 0. The number of carbonyl (C=O) groups is 1. The third-order valence-electron chi connectivity index (χ3n) is 3.94. The van der Waals surface area contributed by atoms with Crippen LogP contribution in [-0.2, 0) is 0 Å². The van der Waals surface area contributed by atoms with Crippen molar-refractivity contribution < 1.29 is 18.6 Å². The number of nitrogens with one attached hydrogen (secondary N) is 1. The highest BCUT2D eigenvalue weighted by Gasteiger charge is 2.26. The first-order chi connectivity index (χ1) is 10.9. The molecule has 0 radical (unpaired) electrons. The van der Waals surface area contributed by atoms with E-state index in [4.69, 9.17) is 4.74 Å². The number of fused-ring (bicyclic) bond motifs is 1. The summed E-state index contributed by atoms with van der Waals surface area (Å²) in [5, 5.41) is 4.21. The van der Waals surface area contributed by atoms with Crippen LogP contribution in [0.5, 0.6) is 5.75 Å². The molecule has 0 unspecified atom stereocenters. The minimum atomic E-state index is -2.98. The number of nitrogens with zero attached hydrogens (tertiary/aromatic N) is 1. The second kappa shape index (κ2) is 7.35. The Labute approximate surface area is 138 Å². The summed E-state index contributed by atoms with van der Waals surface area (Å²) < 4.78 is 25.4. The van der Waals surface area contributed by atoms with Crippen molar-refractivity contribution in [1.82, 2.24) is 10.2 Å². The number of hydrogen-bond acceptors (Lipinski definition) is 5. The molecule has 0 saturated carbocycles. The van der Waals surface area contributed by atoms with Crippen LogP contribution in [0.1, 0.15) is 29.8 Å². The largest absolute Gasteiger partial charge is 0.496 e. The molecular weight excluding hydrogens is 316 g/mol. The van der Waals surface area contributed by atoms with Crippen molar-refractivity contribution in [2.75, 3.05) is 33.3 Å². The van der Waals surface area contributed by atoms with Gasteiger partial charge in [0.25, 0.3) is 5.91 Å². The molecule has 7 heteroatoms. The molecule has 1 aliphatic heterocycles. The quantitative estimate of drug-likeness (QED) is 0.711. The molecule has 1 aliphatic rings. The highest BCUT2D eigenvalue weighted by Crippen LogP contribution is 2.58. The molecule has 0 fully saturated rings. The van der Waals surface area contributed by atoms with Gasteiger partial charge in [-0.05, 0) is 31.3 Å².